The van der Waals surface area contributed by atoms with Gasteiger partial charge in [-0.25, -0.2) is 0 Å². The van der Waals surface area contributed by atoms with Crippen LogP contribution in [0.2, 0.25) is 0 Å². The lowest BCUT2D eigenvalue weighted by Crippen LogP contribution is -2.55. The second-order valence-electron chi connectivity index (χ2n) is 6.08. The summed E-state index contributed by atoms with van der Waals surface area (Å²) in [6.45, 7) is 6.49. The molecule has 2 rings (SSSR count). The number of nitrogens with zero attached hydrogens (tertiary/aromatic N) is 2. The van der Waals surface area contributed by atoms with Crippen molar-refractivity contribution in [2.24, 2.45) is 0 Å². The number of nitrogen functional groups attached to an aromatic ring is 1. The van der Waals surface area contributed by atoms with Crippen molar-refractivity contribution in [3.8, 4) is 0 Å². The van der Waals surface area contributed by atoms with Gasteiger partial charge < -0.3 is 20.5 Å². The van der Waals surface area contributed by atoms with Gasteiger partial charge in [0.1, 0.15) is 0 Å². The Labute approximate surface area is 124 Å². The van der Waals surface area contributed by atoms with Crippen LogP contribution in [0, 0.1) is 0 Å². The summed E-state index contributed by atoms with van der Waals surface area (Å²) in [5.74, 6) is -0.221. The maximum Gasteiger partial charge on any atom is 0.276 e. The molecule has 0 saturated carbocycles. The topological polar surface area (TPSA) is 104 Å². The number of morpholine rings is 1. The highest BCUT2D eigenvalue weighted by molar-refractivity contribution is 5.97. The number of rotatable bonds is 4. The Hall–Kier alpha value is -1.60. The fraction of sp³-hybridized carbons (Fsp3) is 0.714. The Morgan fingerprint density at radius 2 is 2.33 bits per heavy atom. The molecule has 118 valence electrons. The molecule has 2 heterocycles. The third-order valence-corrected chi connectivity index (χ3v) is 3.56. The molecule has 1 fully saturated rings. The summed E-state index contributed by atoms with van der Waals surface area (Å²) in [5, 5.41) is 16.2. The van der Waals surface area contributed by atoms with E-state index >= 15 is 0 Å². The zero-order valence-corrected chi connectivity index (χ0v) is 12.8. The summed E-state index contributed by atoms with van der Waals surface area (Å²) in [6.07, 6.45) is 1.31. The van der Waals surface area contributed by atoms with Crippen molar-refractivity contribution < 1.29 is 14.6 Å². The molecule has 1 unspecified atom stereocenters. The summed E-state index contributed by atoms with van der Waals surface area (Å²) in [5.41, 5.74) is 6.99. The van der Waals surface area contributed by atoms with Gasteiger partial charge in [0, 0.05) is 13.1 Å². The highest BCUT2D eigenvalue weighted by atomic mass is 16.5. The van der Waals surface area contributed by atoms with E-state index < -0.39 is 5.60 Å². The van der Waals surface area contributed by atoms with E-state index in [0.717, 1.165) is 18.5 Å². The number of amides is 1. The zero-order chi connectivity index (χ0) is 15.6. The van der Waals surface area contributed by atoms with Gasteiger partial charge in [0.2, 0.25) is 0 Å². The Balaban J connectivity index is 2.19. The normalized spacial score (nSPS) is 21.5. The molecule has 0 aliphatic carbocycles. The van der Waals surface area contributed by atoms with E-state index in [0.29, 0.717) is 18.8 Å². The Bertz CT molecular complexity index is 512. The van der Waals surface area contributed by atoms with E-state index in [1.165, 1.54) is 0 Å². The summed E-state index contributed by atoms with van der Waals surface area (Å²) < 4.78 is 5.71. The van der Waals surface area contributed by atoms with Crippen LogP contribution in [-0.4, -0.2) is 57.5 Å². The van der Waals surface area contributed by atoms with Gasteiger partial charge in [0.05, 0.1) is 29.7 Å². The molecule has 7 nitrogen and oxygen atoms in total. The Kier molecular flexibility index (Phi) is 4.53. The average Bonchev–Trinajstić information content (AvgIpc) is 2.78. The third kappa shape index (κ3) is 3.36. The number of carbonyl (C=O) groups is 1. The highest BCUT2D eigenvalue weighted by Crippen LogP contribution is 2.24. The minimum atomic E-state index is -0.501. The fourth-order valence-corrected chi connectivity index (χ4v) is 2.69. The number of H-pyrrole nitrogens is 1. The summed E-state index contributed by atoms with van der Waals surface area (Å²) in [6, 6.07) is 0. The van der Waals surface area contributed by atoms with Gasteiger partial charge in [0.15, 0.2) is 5.69 Å². The van der Waals surface area contributed by atoms with Crippen molar-refractivity contribution in [3.05, 3.63) is 11.4 Å². The molecular weight excluding hydrogens is 272 g/mol. The lowest BCUT2D eigenvalue weighted by atomic mass is 10.0. The standard InChI is InChI=1S/C14H24N4O3/c1-4-5-10-11(15)12(17-16-10)13(20)18-6-9(7-19)21-14(2,3)8-18/h9,19H,4-8,15H2,1-3H3,(H,16,17). The van der Waals surface area contributed by atoms with Gasteiger partial charge in [0.25, 0.3) is 5.91 Å². The van der Waals surface area contributed by atoms with Crippen molar-refractivity contribution in [2.45, 2.75) is 45.3 Å². The van der Waals surface area contributed by atoms with Crippen LogP contribution >= 0.6 is 0 Å². The Morgan fingerprint density at radius 1 is 1.62 bits per heavy atom. The van der Waals surface area contributed by atoms with E-state index in [1.54, 1.807) is 4.90 Å². The van der Waals surface area contributed by atoms with Gasteiger partial charge in [-0.1, -0.05) is 13.3 Å². The molecule has 7 heteroatoms. The molecule has 1 saturated heterocycles. The molecule has 0 radical (unpaired) electrons. The minimum absolute atomic E-state index is 0.121. The van der Waals surface area contributed by atoms with Gasteiger partial charge in [-0.3, -0.25) is 9.89 Å². The van der Waals surface area contributed by atoms with Crippen LogP contribution in [0.3, 0.4) is 0 Å². The maximum absolute atomic E-state index is 12.6. The Morgan fingerprint density at radius 3 is 2.95 bits per heavy atom. The number of hydrogen-bond donors (Lipinski definition) is 3. The average molecular weight is 296 g/mol. The van der Waals surface area contributed by atoms with E-state index in [2.05, 4.69) is 10.2 Å². The molecule has 0 spiro atoms. The first kappa shape index (κ1) is 15.8. The van der Waals surface area contributed by atoms with Crippen LogP contribution < -0.4 is 5.73 Å². The zero-order valence-electron chi connectivity index (χ0n) is 12.8. The van der Waals surface area contributed by atoms with E-state index in [4.69, 9.17) is 10.5 Å². The van der Waals surface area contributed by atoms with Gasteiger partial charge in [-0.15, -0.1) is 0 Å². The van der Waals surface area contributed by atoms with Crippen LogP contribution in [0.4, 0.5) is 5.69 Å². The van der Waals surface area contributed by atoms with Crippen molar-refractivity contribution in [3.63, 3.8) is 0 Å². The molecule has 1 aromatic heterocycles. The van der Waals surface area contributed by atoms with Crippen LogP contribution in [0.15, 0.2) is 0 Å². The molecular formula is C14H24N4O3. The molecule has 1 amide bonds. The first-order chi connectivity index (χ1) is 9.88. The van der Waals surface area contributed by atoms with Gasteiger partial charge in [-0.2, -0.15) is 5.10 Å². The van der Waals surface area contributed by atoms with E-state index in [1.807, 2.05) is 20.8 Å². The molecule has 1 aliphatic heterocycles. The van der Waals surface area contributed by atoms with E-state index in [-0.39, 0.29) is 24.3 Å². The van der Waals surface area contributed by atoms with Crippen molar-refractivity contribution >= 4 is 11.6 Å². The number of nitrogens with one attached hydrogen (secondary N) is 1. The fourth-order valence-electron chi connectivity index (χ4n) is 2.69. The van der Waals surface area contributed by atoms with Crippen molar-refractivity contribution in [1.29, 1.82) is 0 Å². The lowest BCUT2D eigenvalue weighted by molar-refractivity contribution is -0.139. The summed E-state index contributed by atoms with van der Waals surface area (Å²) in [7, 11) is 0. The molecule has 4 N–H and O–H groups in total. The smallest absolute Gasteiger partial charge is 0.276 e. The number of carbonyl (C=O) groups excluding carboxylic acids is 1. The van der Waals surface area contributed by atoms with Gasteiger partial charge >= 0.3 is 0 Å². The first-order valence-corrected chi connectivity index (χ1v) is 7.28. The number of ether oxygens (including phenoxy) is 1. The van der Waals surface area contributed by atoms with Crippen molar-refractivity contribution in [1.82, 2.24) is 15.1 Å². The lowest BCUT2D eigenvalue weighted by Gasteiger charge is -2.42. The third-order valence-electron chi connectivity index (χ3n) is 3.56. The quantitative estimate of drug-likeness (QED) is 0.753. The molecule has 1 atom stereocenters. The van der Waals surface area contributed by atoms with Crippen LogP contribution in [0.5, 0.6) is 0 Å². The summed E-state index contributed by atoms with van der Waals surface area (Å²) >= 11 is 0. The number of aliphatic hydroxyl groups is 1. The number of aromatic nitrogens is 2. The number of anilines is 1. The second-order valence-corrected chi connectivity index (χ2v) is 6.08. The molecule has 1 aromatic rings. The molecule has 1 aliphatic rings. The van der Waals surface area contributed by atoms with Crippen LogP contribution in [0.1, 0.15) is 43.4 Å². The maximum atomic E-state index is 12.6. The predicted molar refractivity (Wildman–Crippen MR) is 78.9 cm³/mol. The predicted octanol–water partition coefficient (Wildman–Crippen LogP) is 0.556. The van der Waals surface area contributed by atoms with Gasteiger partial charge in [-0.05, 0) is 20.3 Å². The largest absolute Gasteiger partial charge is 0.395 e. The first-order valence-electron chi connectivity index (χ1n) is 7.28. The molecule has 0 aromatic carbocycles. The highest BCUT2D eigenvalue weighted by Gasteiger charge is 2.36. The number of hydrogen-bond acceptors (Lipinski definition) is 5. The van der Waals surface area contributed by atoms with E-state index in [9.17, 15) is 9.90 Å². The number of nitrogens with two attached hydrogens (primary N) is 1. The molecule has 0 bridgehead atoms. The summed E-state index contributed by atoms with van der Waals surface area (Å²) in [4.78, 5) is 14.3. The number of aromatic amines is 1. The SMILES string of the molecule is CCCc1[nH]nc(C(=O)N2CC(CO)OC(C)(C)C2)c1N. The minimum Gasteiger partial charge on any atom is -0.395 e. The number of aryl methyl sites for hydroxylation is 1. The van der Waals surface area contributed by atoms with Crippen molar-refractivity contribution in [2.75, 3.05) is 25.4 Å². The monoisotopic (exact) mass is 296 g/mol. The number of aliphatic hydroxyl groups excluding tert-OH is 1. The molecule has 21 heavy (non-hydrogen) atoms. The van der Waals surface area contributed by atoms with Crippen LogP contribution in [-0.2, 0) is 11.2 Å². The van der Waals surface area contributed by atoms with Crippen LogP contribution in [0.25, 0.3) is 0 Å². The second kappa shape index (κ2) is 6.03.